The van der Waals surface area contributed by atoms with Gasteiger partial charge in [-0.1, -0.05) is 11.6 Å². The van der Waals surface area contributed by atoms with Crippen molar-refractivity contribution in [2.75, 3.05) is 33.0 Å². The summed E-state index contributed by atoms with van der Waals surface area (Å²) in [5.74, 6) is -0.0990. The summed E-state index contributed by atoms with van der Waals surface area (Å²) >= 11 is 5.94. The lowest BCUT2D eigenvalue weighted by Crippen LogP contribution is -2.35. The van der Waals surface area contributed by atoms with Crippen molar-refractivity contribution in [2.24, 2.45) is 0 Å². The molecule has 1 unspecified atom stereocenters. The van der Waals surface area contributed by atoms with Crippen LogP contribution in [0.25, 0.3) is 0 Å². The van der Waals surface area contributed by atoms with Crippen LogP contribution in [0.3, 0.4) is 0 Å². The Morgan fingerprint density at radius 2 is 2.11 bits per heavy atom. The van der Waals surface area contributed by atoms with Gasteiger partial charge < -0.3 is 15.5 Å². The standard InChI is InChI=1S/C14H22ClN3O/c1-10(7-8-18(3)4)17-14(19)12-9-11(15)5-6-13(12)16-2/h5-6,9-10,16H,7-8H2,1-4H3,(H,17,19). The highest BCUT2D eigenvalue weighted by atomic mass is 35.5. The molecular formula is C14H22ClN3O. The number of hydrogen-bond donors (Lipinski definition) is 2. The molecular weight excluding hydrogens is 262 g/mol. The third-order valence-corrected chi connectivity index (χ3v) is 3.12. The van der Waals surface area contributed by atoms with Gasteiger partial charge in [-0.25, -0.2) is 0 Å². The maximum absolute atomic E-state index is 12.2. The van der Waals surface area contributed by atoms with E-state index in [0.717, 1.165) is 18.7 Å². The van der Waals surface area contributed by atoms with Crippen LogP contribution in [-0.2, 0) is 0 Å². The van der Waals surface area contributed by atoms with Crippen LogP contribution in [0.2, 0.25) is 5.02 Å². The molecule has 1 amide bonds. The molecule has 0 aliphatic carbocycles. The highest BCUT2D eigenvalue weighted by molar-refractivity contribution is 6.31. The zero-order valence-corrected chi connectivity index (χ0v) is 12.7. The minimum Gasteiger partial charge on any atom is -0.387 e. The van der Waals surface area contributed by atoms with E-state index < -0.39 is 0 Å². The van der Waals surface area contributed by atoms with Gasteiger partial charge in [0.1, 0.15) is 0 Å². The maximum atomic E-state index is 12.2. The summed E-state index contributed by atoms with van der Waals surface area (Å²) in [5, 5.41) is 6.55. The van der Waals surface area contributed by atoms with Gasteiger partial charge in [-0.2, -0.15) is 0 Å². The molecule has 0 saturated carbocycles. The second-order valence-electron chi connectivity index (χ2n) is 4.91. The van der Waals surface area contributed by atoms with Crippen LogP contribution >= 0.6 is 11.6 Å². The third kappa shape index (κ3) is 5.09. The Hall–Kier alpha value is -1.26. The van der Waals surface area contributed by atoms with E-state index in [1.807, 2.05) is 27.1 Å². The van der Waals surface area contributed by atoms with Crippen molar-refractivity contribution >= 4 is 23.2 Å². The molecule has 0 bridgehead atoms. The van der Waals surface area contributed by atoms with E-state index in [0.29, 0.717) is 10.6 Å². The number of rotatable bonds is 6. The summed E-state index contributed by atoms with van der Waals surface area (Å²) < 4.78 is 0. The van der Waals surface area contributed by atoms with Gasteiger partial charge in [0.15, 0.2) is 0 Å². The monoisotopic (exact) mass is 283 g/mol. The van der Waals surface area contributed by atoms with Crippen LogP contribution in [0, 0.1) is 0 Å². The van der Waals surface area contributed by atoms with E-state index in [4.69, 9.17) is 11.6 Å². The van der Waals surface area contributed by atoms with Gasteiger partial charge in [0.2, 0.25) is 0 Å². The lowest BCUT2D eigenvalue weighted by molar-refractivity contribution is 0.0937. The van der Waals surface area contributed by atoms with E-state index in [9.17, 15) is 4.79 Å². The Kier molecular flexibility index (Phi) is 6.12. The predicted octanol–water partition coefficient (Wildman–Crippen LogP) is 2.45. The summed E-state index contributed by atoms with van der Waals surface area (Å²) in [7, 11) is 5.82. The molecule has 0 aliphatic heterocycles. The quantitative estimate of drug-likeness (QED) is 0.843. The minimum absolute atomic E-state index is 0.0990. The number of carbonyl (C=O) groups excluding carboxylic acids is 1. The first-order chi connectivity index (χ1) is 8.93. The number of halogens is 1. The zero-order chi connectivity index (χ0) is 14.4. The molecule has 2 N–H and O–H groups in total. The zero-order valence-electron chi connectivity index (χ0n) is 12.0. The van der Waals surface area contributed by atoms with Crippen molar-refractivity contribution in [1.82, 2.24) is 10.2 Å². The average Bonchev–Trinajstić information content (AvgIpc) is 2.36. The van der Waals surface area contributed by atoms with Crippen LogP contribution in [-0.4, -0.2) is 44.5 Å². The molecule has 0 heterocycles. The fourth-order valence-corrected chi connectivity index (χ4v) is 1.92. The molecule has 0 aliphatic rings. The van der Waals surface area contributed by atoms with E-state index in [1.54, 1.807) is 19.2 Å². The number of nitrogens with zero attached hydrogens (tertiary/aromatic N) is 1. The largest absolute Gasteiger partial charge is 0.387 e. The normalized spacial score (nSPS) is 12.3. The van der Waals surface area contributed by atoms with Crippen molar-refractivity contribution < 1.29 is 4.79 Å². The molecule has 0 saturated heterocycles. The maximum Gasteiger partial charge on any atom is 0.253 e. The van der Waals surface area contributed by atoms with Gasteiger partial charge >= 0.3 is 0 Å². The average molecular weight is 284 g/mol. The molecule has 1 aromatic rings. The minimum atomic E-state index is -0.0990. The van der Waals surface area contributed by atoms with Gasteiger partial charge in [0, 0.05) is 23.8 Å². The first kappa shape index (κ1) is 15.8. The first-order valence-corrected chi connectivity index (χ1v) is 6.74. The van der Waals surface area contributed by atoms with Gasteiger partial charge in [-0.05, 0) is 52.2 Å². The molecule has 106 valence electrons. The second-order valence-corrected chi connectivity index (χ2v) is 5.34. The Morgan fingerprint density at radius 3 is 2.68 bits per heavy atom. The van der Waals surface area contributed by atoms with Crippen LogP contribution in [0.1, 0.15) is 23.7 Å². The number of benzene rings is 1. The van der Waals surface area contributed by atoms with Crippen molar-refractivity contribution in [3.05, 3.63) is 28.8 Å². The molecule has 0 spiro atoms. The van der Waals surface area contributed by atoms with Crippen LogP contribution in [0.5, 0.6) is 0 Å². The molecule has 4 nitrogen and oxygen atoms in total. The van der Waals surface area contributed by atoms with Crippen LogP contribution < -0.4 is 10.6 Å². The number of carbonyl (C=O) groups is 1. The lowest BCUT2D eigenvalue weighted by atomic mass is 10.1. The fraction of sp³-hybridized carbons (Fsp3) is 0.500. The predicted molar refractivity (Wildman–Crippen MR) is 81.1 cm³/mol. The summed E-state index contributed by atoms with van der Waals surface area (Å²) in [4.78, 5) is 14.3. The number of amides is 1. The molecule has 5 heteroatoms. The molecule has 0 radical (unpaired) electrons. The molecule has 1 atom stereocenters. The van der Waals surface area contributed by atoms with Crippen LogP contribution in [0.15, 0.2) is 18.2 Å². The Bertz CT molecular complexity index is 435. The van der Waals surface area contributed by atoms with Crippen molar-refractivity contribution in [2.45, 2.75) is 19.4 Å². The Balaban J connectivity index is 2.69. The molecule has 0 fully saturated rings. The third-order valence-electron chi connectivity index (χ3n) is 2.88. The van der Waals surface area contributed by atoms with Crippen LogP contribution in [0.4, 0.5) is 5.69 Å². The highest BCUT2D eigenvalue weighted by Crippen LogP contribution is 2.20. The molecule has 0 aromatic heterocycles. The van der Waals surface area contributed by atoms with Gasteiger partial charge in [0.05, 0.1) is 5.56 Å². The molecule has 19 heavy (non-hydrogen) atoms. The molecule has 1 rings (SSSR count). The topological polar surface area (TPSA) is 44.4 Å². The van der Waals surface area contributed by atoms with Gasteiger partial charge in [-0.3, -0.25) is 4.79 Å². The summed E-state index contributed by atoms with van der Waals surface area (Å²) in [6, 6.07) is 5.38. The number of anilines is 1. The summed E-state index contributed by atoms with van der Waals surface area (Å²) in [6.45, 7) is 2.95. The van der Waals surface area contributed by atoms with Gasteiger partial charge in [-0.15, -0.1) is 0 Å². The second kappa shape index (κ2) is 7.36. The Labute approximate surface area is 120 Å². The van der Waals surface area contributed by atoms with Gasteiger partial charge in [0.25, 0.3) is 5.91 Å². The van der Waals surface area contributed by atoms with Crippen molar-refractivity contribution in [3.63, 3.8) is 0 Å². The van der Waals surface area contributed by atoms with E-state index >= 15 is 0 Å². The summed E-state index contributed by atoms with van der Waals surface area (Å²) in [6.07, 6.45) is 0.911. The van der Waals surface area contributed by atoms with Crippen molar-refractivity contribution in [1.29, 1.82) is 0 Å². The lowest BCUT2D eigenvalue weighted by Gasteiger charge is -2.18. The van der Waals surface area contributed by atoms with E-state index in [2.05, 4.69) is 15.5 Å². The fourth-order valence-electron chi connectivity index (χ4n) is 1.75. The molecule has 1 aromatic carbocycles. The van der Waals surface area contributed by atoms with E-state index in [-0.39, 0.29) is 11.9 Å². The first-order valence-electron chi connectivity index (χ1n) is 6.37. The smallest absolute Gasteiger partial charge is 0.253 e. The van der Waals surface area contributed by atoms with Crippen molar-refractivity contribution in [3.8, 4) is 0 Å². The summed E-state index contributed by atoms with van der Waals surface area (Å²) in [5.41, 5.74) is 1.36. The van der Waals surface area contributed by atoms with E-state index in [1.165, 1.54) is 0 Å². The number of hydrogen-bond acceptors (Lipinski definition) is 3. The Morgan fingerprint density at radius 1 is 1.42 bits per heavy atom. The SMILES string of the molecule is CNc1ccc(Cl)cc1C(=O)NC(C)CCN(C)C. The highest BCUT2D eigenvalue weighted by Gasteiger charge is 2.14. The number of nitrogens with one attached hydrogen (secondary N) is 2.